The van der Waals surface area contributed by atoms with Crippen molar-refractivity contribution in [3.8, 4) is 5.75 Å². The molecule has 21 nitrogen and oxygen atoms in total. The van der Waals surface area contributed by atoms with E-state index in [1.165, 1.54) is 23.3 Å². The first-order valence-electron chi connectivity index (χ1n) is 48.1. The van der Waals surface area contributed by atoms with E-state index in [1.807, 2.05) is 290 Å². The number of carbonyl (C=O) groups is 5. The van der Waals surface area contributed by atoms with Gasteiger partial charge in [0.05, 0.1) is 103 Å². The molecule has 5 N–H and O–H groups in total. The van der Waals surface area contributed by atoms with Crippen molar-refractivity contribution < 1.29 is 52.4 Å². The third-order valence-electron chi connectivity index (χ3n) is 24.8. The molecule has 19 rings (SSSR count). The molecule has 0 radical (unpaired) electrons. The number of urea groups is 5. The summed E-state index contributed by atoms with van der Waals surface area (Å²) in [7, 11) is 0. The minimum absolute atomic E-state index is 0.00235. The van der Waals surface area contributed by atoms with E-state index >= 15 is 0 Å². The average Bonchev–Trinajstić information content (AvgIpc) is 1.67. The topological polar surface area (TPSA) is 217 Å². The van der Waals surface area contributed by atoms with Crippen molar-refractivity contribution in [2.24, 2.45) is 5.92 Å². The first-order valence-corrected chi connectivity index (χ1v) is 53.1. The van der Waals surface area contributed by atoms with Crippen molar-refractivity contribution >= 4 is 169 Å². The standard InChI is InChI=1S/C26H24Cl2N2O3.C23H22Cl2N2O2S.C21H23Cl3N2O2.C21H22Cl2N2O2.C21H24Cl2N2O2/c27-20-8-6-18(7-9-20)25(22-3-1-2-4-23(22)28)33-21-15-30(16-21)26(31)29-14-17-5-10-24-19(13-17)11-12-32-24;24-17-9-7-16(8-10-17)22(20-5-1-2-6-21(20)25)29-18-14-27(15-18)23(28)26-12-11-19-4-3-13-30-19;1-21(2,3)25-20(27)26-11-16(12-26)28-19(13-4-6-14(22)7-5-13)17-9-8-15(23)10-18(17)24;22-16-9-7-15(8-10-16)20(18-3-1-2-4-19(18)23)27-17-12-25(13-17)21(26)24-11-14-5-6-14;1-21(2,3)24-20(26)25-12-16(13-25)27-19(14-8-10-15(22)11-9-14)17-6-4-5-7-18(17)23/h1-10,13,21,25H,11-12,14-16H2,(H,29,31);1-10,13,18,22H,11-12,14-15H2,(H,26,28);4-10,16,19H,11-12H2,1-3H3,(H,25,27);1-4,7-10,14,17,20H,5-6,11-13H2,(H,24,26);4-11,16,19H,12-13H2,1-3H3,(H,24,26). The Morgan fingerprint density at radius 2 is 0.655 bits per heavy atom. The normalized spacial score (nSPS) is 16.1. The Hall–Kier alpha value is -9.74. The van der Waals surface area contributed by atoms with E-state index < -0.39 is 0 Å². The summed E-state index contributed by atoms with van der Waals surface area (Å²) in [6.07, 6.45) is 2.31. The zero-order chi connectivity index (χ0) is 103. The molecular weight excluding hydrogens is 2080 g/mol. The van der Waals surface area contributed by atoms with Gasteiger partial charge in [0.15, 0.2) is 0 Å². The maximum Gasteiger partial charge on any atom is 0.317 e. The van der Waals surface area contributed by atoms with Gasteiger partial charge in [0.1, 0.15) is 36.3 Å². The van der Waals surface area contributed by atoms with E-state index in [0.29, 0.717) is 140 Å². The maximum atomic E-state index is 12.6. The van der Waals surface area contributed by atoms with Crippen LogP contribution in [0.3, 0.4) is 0 Å². The van der Waals surface area contributed by atoms with Gasteiger partial charge < -0.3 is 79.5 Å². The number of halogens is 11. The minimum Gasteiger partial charge on any atom is -0.493 e. The van der Waals surface area contributed by atoms with Crippen LogP contribution < -0.4 is 31.3 Å². The van der Waals surface area contributed by atoms with Gasteiger partial charge in [-0.15, -0.1) is 11.3 Å². The lowest BCUT2D eigenvalue weighted by molar-refractivity contribution is -0.0651. The lowest BCUT2D eigenvalue weighted by Crippen LogP contribution is -2.60. The van der Waals surface area contributed by atoms with Crippen molar-refractivity contribution in [2.45, 2.75) is 146 Å². The summed E-state index contributed by atoms with van der Waals surface area (Å²) in [5, 5.41) is 24.0. The molecule has 1 aliphatic carbocycles. The van der Waals surface area contributed by atoms with Crippen molar-refractivity contribution in [3.63, 3.8) is 0 Å². The second-order valence-corrected chi connectivity index (χ2v) is 44.2. The number of likely N-dealkylation sites (tertiary alicyclic amines) is 5. The SMILES string of the molecule is CC(C)(C)NC(=O)N1CC(OC(c2ccc(Cl)cc2)c2ccc(Cl)cc2Cl)C1.CC(C)(C)NC(=O)N1CC(OC(c2ccc(Cl)cc2)c2ccccc2Cl)C1.O=C(NCC1CC1)N1CC(OC(c2ccc(Cl)cc2)c2ccccc2Cl)C1.O=C(NCCc1cccs1)N1CC(OC(c2ccc(Cl)cc2)c2ccccc2Cl)C1.O=C(NCc1ccc2c(c1)CCO2)N1CC(OC(c2ccc(Cl)cc2)c2ccccc2Cl)C1. The minimum atomic E-state index is -0.375. The molecule has 5 unspecified atom stereocenters. The average molecular weight is 2200 g/mol. The molecule has 33 heteroatoms. The molecule has 7 heterocycles. The predicted octanol–water partition coefficient (Wildman–Crippen LogP) is 27.6. The number of rotatable bonds is 27. The highest BCUT2D eigenvalue weighted by atomic mass is 35.5. The van der Waals surface area contributed by atoms with Crippen LogP contribution in [0.1, 0.15) is 157 Å². The number of hydrogen-bond acceptors (Lipinski definition) is 12. The molecule has 5 atom stereocenters. The van der Waals surface area contributed by atoms with Crippen LogP contribution in [0.2, 0.25) is 55.2 Å². The molecule has 7 aliphatic rings. The number of carbonyl (C=O) groups excluding carboxylic acids is 5. The number of hydrogen-bond donors (Lipinski definition) is 5. The van der Waals surface area contributed by atoms with Crippen LogP contribution in [0, 0.1) is 5.92 Å². The highest BCUT2D eigenvalue weighted by Gasteiger charge is 2.42. The zero-order valence-corrected chi connectivity index (χ0v) is 90.0. The molecule has 145 heavy (non-hydrogen) atoms. The van der Waals surface area contributed by atoms with Gasteiger partial charge in [-0.2, -0.15) is 0 Å². The number of fused-ring (bicyclic) bond motifs is 1. The number of nitrogens with zero attached hydrogens (tertiary/aromatic N) is 5. The Bertz CT molecular complexity index is 6320. The highest BCUT2D eigenvalue weighted by molar-refractivity contribution is 7.09. The molecule has 11 aromatic carbocycles. The van der Waals surface area contributed by atoms with E-state index in [4.69, 9.17) is 156 Å². The van der Waals surface area contributed by atoms with Crippen LogP contribution >= 0.6 is 139 Å². The molecule has 1 aromatic heterocycles. The van der Waals surface area contributed by atoms with Crippen LogP contribution in [0.15, 0.2) is 272 Å². The van der Waals surface area contributed by atoms with Gasteiger partial charge in [-0.3, -0.25) is 0 Å². The summed E-state index contributed by atoms with van der Waals surface area (Å²) in [6.45, 7) is 19.9. The number of amides is 10. The monoisotopic (exact) mass is 2190 g/mol. The number of thiophene rings is 1. The van der Waals surface area contributed by atoms with E-state index in [1.54, 1.807) is 48.0 Å². The fourth-order valence-electron chi connectivity index (χ4n) is 16.7. The highest BCUT2D eigenvalue weighted by Crippen LogP contribution is 2.43. The van der Waals surface area contributed by atoms with Crippen molar-refractivity contribution in [1.82, 2.24) is 51.1 Å². The Morgan fingerprint density at radius 1 is 0.345 bits per heavy atom. The molecule has 6 fully saturated rings. The molecule has 0 bridgehead atoms. The molecular formula is C112H115Cl11N10O11S. The van der Waals surface area contributed by atoms with E-state index in [-0.39, 0.29) is 102 Å². The first-order chi connectivity index (χ1) is 69.6. The Balaban J connectivity index is 0.000000137. The Labute approximate surface area is 906 Å². The van der Waals surface area contributed by atoms with E-state index in [0.717, 1.165) is 92.9 Å². The van der Waals surface area contributed by atoms with E-state index in [2.05, 4.69) is 38.7 Å². The molecule has 12 aromatic rings. The summed E-state index contributed by atoms with van der Waals surface area (Å²) >= 11 is 70.1. The fraction of sp³-hybridized carbons (Fsp3) is 0.330. The molecule has 0 spiro atoms. The third kappa shape index (κ3) is 31.7. The summed E-state index contributed by atoms with van der Waals surface area (Å²) < 4.78 is 37.4. The van der Waals surface area contributed by atoms with E-state index in [9.17, 15) is 24.0 Å². The fourth-order valence-corrected chi connectivity index (χ4v) is 19.5. The van der Waals surface area contributed by atoms with Gasteiger partial charge in [0.25, 0.3) is 0 Å². The van der Waals surface area contributed by atoms with Crippen molar-refractivity contribution in [3.05, 3.63) is 399 Å². The number of ether oxygens (including phenoxy) is 6. The smallest absolute Gasteiger partial charge is 0.317 e. The van der Waals surface area contributed by atoms with Gasteiger partial charge in [-0.25, -0.2) is 24.0 Å². The van der Waals surface area contributed by atoms with Crippen LogP contribution in [0.25, 0.3) is 0 Å². The third-order valence-corrected chi connectivity index (χ3v) is 28.9. The lowest BCUT2D eigenvalue weighted by Gasteiger charge is -2.42. The van der Waals surface area contributed by atoms with Crippen LogP contribution in [0.4, 0.5) is 24.0 Å². The first kappa shape index (κ1) is 109. The zero-order valence-electron chi connectivity index (χ0n) is 80.9. The predicted molar refractivity (Wildman–Crippen MR) is 583 cm³/mol. The second kappa shape index (κ2) is 51.5. The Kier molecular flexibility index (Phi) is 38.8. The van der Waals surface area contributed by atoms with Gasteiger partial charge in [-0.05, 0) is 220 Å². The molecule has 10 amide bonds. The van der Waals surface area contributed by atoms with Crippen molar-refractivity contribution in [1.29, 1.82) is 0 Å². The summed E-state index contributed by atoms with van der Waals surface area (Å²) in [5.41, 5.74) is 11.0. The quantitative estimate of drug-likeness (QED) is 0.0326. The largest absolute Gasteiger partial charge is 0.493 e. The number of benzene rings is 11. The van der Waals surface area contributed by atoms with Gasteiger partial charge in [0, 0.05) is 125 Å². The summed E-state index contributed by atoms with van der Waals surface area (Å²) in [5.74, 6) is 1.62. The van der Waals surface area contributed by atoms with Gasteiger partial charge in [0.2, 0.25) is 0 Å². The van der Waals surface area contributed by atoms with Crippen LogP contribution in [0.5, 0.6) is 5.75 Å². The Morgan fingerprint density at radius 3 is 0.966 bits per heavy atom. The second-order valence-electron chi connectivity index (χ2n) is 38.5. The molecule has 1 saturated carbocycles. The van der Waals surface area contributed by atoms with Crippen LogP contribution in [-0.4, -0.2) is 181 Å². The van der Waals surface area contributed by atoms with Crippen LogP contribution in [-0.2, 0) is 43.1 Å². The number of nitrogens with one attached hydrogen (secondary N) is 5. The lowest BCUT2D eigenvalue weighted by atomic mass is 10.0. The maximum absolute atomic E-state index is 12.6. The van der Waals surface area contributed by atoms with Gasteiger partial charge >= 0.3 is 30.2 Å². The molecule has 5 saturated heterocycles. The van der Waals surface area contributed by atoms with Crippen molar-refractivity contribution in [2.75, 3.05) is 85.1 Å². The summed E-state index contributed by atoms with van der Waals surface area (Å²) in [4.78, 5) is 71.6. The molecule has 6 aliphatic heterocycles. The molecule has 762 valence electrons. The summed E-state index contributed by atoms with van der Waals surface area (Å²) in [6, 6.07) is 83.7. The van der Waals surface area contributed by atoms with Gasteiger partial charge in [-0.1, -0.05) is 285 Å².